The minimum atomic E-state index is -0.664. The summed E-state index contributed by atoms with van der Waals surface area (Å²) in [6, 6.07) is 9.78. The summed E-state index contributed by atoms with van der Waals surface area (Å²) in [5.41, 5.74) is 0.529. The Bertz CT molecular complexity index is 874. The van der Waals surface area contributed by atoms with Crippen molar-refractivity contribution in [3.63, 3.8) is 0 Å². The number of hydrogen-bond acceptors (Lipinski definition) is 4. The minimum Gasteiger partial charge on any atom is -0.497 e. The van der Waals surface area contributed by atoms with Crippen molar-refractivity contribution < 1.29 is 23.5 Å². The maximum Gasteiger partial charge on any atom is 0.322 e. The molecule has 0 aromatic heterocycles. The third-order valence-electron chi connectivity index (χ3n) is 4.60. The molecule has 2 aromatic carbocycles. The molecule has 2 N–H and O–H groups in total. The number of ether oxygens (including phenoxy) is 2. The van der Waals surface area contributed by atoms with E-state index in [0.29, 0.717) is 36.6 Å². The number of carbonyl (C=O) groups is 2. The Kier molecular flexibility index (Phi) is 5.98. The maximum absolute atomic E-state index is 13.8. The number of hydrogen-bond donors (Lipinski definition) is 2. The highest BCUT2D eigenvalue weighted by Gasteiger charge is 2.34. The molecule has 3 rings (SSSR count). The molecule has 0 saturated carbocycles. The molecular weight excluding hydrogens is 365 g/mol. The Hall–Kier alpha value is -3.29. The molecule has 1 aliphatic rings. The zero-order valence-electron chi connectivity index (χ0n) is 15.7. The first-order chi connectivity index (χ1) is 13.5. The van der Waals surface area contributed by atoms with E-state index in [2.05, 4.69) is 10.6 Å². The van der Waals surface area contributed by atoms with Crippen molar-refractivity contribution >= 4 is 23.3 Å². The smallest absolute Gasteiger partial charge is 0.322 e. The molecule has 0 radical (unpaired) electrons. The summed E-state index contributed by atoms with van der Waals surface area (Å²) in [5.74, 6) is 0.177. The summed E-state index contributed by atoms with van der Waals surface area (Å²) in [5, 5.41) is 5.33. The second-order valence-corrected chi connectivity index (χ2v) is 6.32. The van der Waals surface area contributed by atoms with Gasteiger partial charge in [0, 0.05) is 12.6 Å². The molecule has 0 aliphatic carbocycles. The monoisotopic (exact) mass is 387 g/mol. The van der Waals surface area contributed by atoms with E-state index in [0.717, 1.165) is 0 Å². The van der Waals surface area contributed by atoms with Crippen LogP contribution in [0.5, 0.6) is 11.5 Å². The summed E-state index contributed by atoms with van der Waals surface area (Å²) < 4.78 is 24.2. The summed E-state index contributed by atoms with van der Waals surface area (Å²) in [4.78, 5) is 26.8. The number of nitrogens with zero attached hydrogens (tertiary/aromatic N) is 1. The van der Waals surface area contributed by atoms with Gasteiger partial charge in [-0.25, -0.2) is 9.18 Å². The van der Waals surface area contributed by atoms with E-state index in [1.807, 2.05) is 0 Å². The van der Waals surface area contributed by atoms with E-state index in [4.69, 9.17) is 9.47 Å². The van der Waals surface area contributed by atoms with Gasteiger partial charge >= 0.3 is 6.03 Å². The van der Waals surface area contributed by atoms with Gasteiger partial charge in [0.2, 0.25) is 5.91 Å². The summed E-state index contributed by atoms with van der Waals surface area (Å²) in [6.45, 7) is 0.410. The van der Waals surface area contributed by atoms with Crippen LogP contribution < -0.4 is 20.1 Å². The molecule has 0 bridgehead atoms. The van der Waals surface area contributed by atoms with Gasteiger partial charge < -0.3 is 25.0 Å². The fourth-order valence-electron chi connectivity index (χ4n) is 3.16. The molecule has 1 unspecified atom stereocenters. The van der Waals surface area contributed by atoms with Crippen molar-refractivity contribution in [1.29, 1.82) is 0 Å². The van der Waals surface area contributed by atoms with Crippen molar-refractivity contribution in [1.82, 2.24) is 4.90 Å². The lowest BCUT2D eigenvalue weighted by molar-refractivity contribution is -0.119. The number of carbonyl (C=O) groups excluding carboxylic acids is 2. The third kappa shape index (κ3) is 4.16. The number of methoxy groups -OCH3 is 2. The van der Waals surface area contributed by atoms with Gasteiger partial charge in [-0.2, -0.15) is 0 Å². The van der Waals surface area contributed by atoms with Gasteiger partial charge in [0.15, 0.2) is 0 Å². The molecule has 1 saturated heterocycles. The lowest BCUT2D eigenvalue weighted by Gasteiger charge is -2.24. The summed E-state index contributed by atoms with van der Waals surface area (Å²) in [7, 11) is 3.03. The van der Waals surface area contributed by atoms with Crippen LogP contribution in [0.1, 0.15) is 12.8 Å². The fraction of sp³-hybridized carbons (Fsp3) is 0.300. The summed E-state index contributed by atoms with van der Waals surface area (Å²) >= 11 is 0. The van der Waals surface area contributed by atoms with Crippen molar-refractivity contribution in [2.75, 3.05) is 31.4 Å². The van der Waals surface area contributed by atoms with Crippen LogP contribution in [0.2, 0.25) is 0 Å². The van der Waals surface area contributed by atoms with Gasteiger partial charge in [0.25, 0.3) is 0 Å². The predicted molar refractivity (Wildman–Crippen MR) is 103 cm³/mol. The first kappa shape index (κ1) is 19.5. The maximum atomic E-state index is 13.8. The lowest BCUT2D eigenvalue weighted by Crippen LogP contribution is -2.45. The number of rotatable bonds is 5. The highest BCUT2D eigenvalue weighted by atomic mass is 19.1. The van der Waals surface area contributed by atoms with Crippen LogP contribution in [0.25, 0.3) is 0 Å². The highest BCUT2D eigenvalue weighted by molar-refractivity contribution is 6.00. The quantitative estimate of drug-likeness (QED) is 0.823. The van der Waals surface area contributed by atoms with E-state index < -0.39 is 17.9 Å². The van der Waals surface area contributed by atoms with E-state index in [1.165, 1.54) is 31.3 Å². The van der Waals surface area contributed by atoms with Crippen LogP contribution in [0.3, 0.4) is 0 Å². The van der Waals surface area contributed by atoms with E-state index in [1.54, 1.807) is 30.3 Å². The third-order valence-corrected chi connectivity index (χ3v) is 4.60. The number of nitrogens with one attached hydrogen (secondary N) is 2. The van der Waals surface area contributed by atoms with E-state index in [9.17, 15) is 14.0 Å². The van der Waals surface area contributed by atoms with Crippen LogP contribution in [0.4, 0.5) is 20.6 Å². The predicted octanol–water partition coefficient (Wildman–Crippen LogP) is 3.48. The van der Waals surface area contributed by atoms with Crippen molar-refractivity contribution in [3.8, 4) is 11.5 Å². The Balaban J connectivity index is 1.73. The molecule has 8 heteroatoms. The first-order valence-electron chi connectivity index (χ1n) is 8.88. The average Bonchev–Trinajstić information content (AvgIpc) is 3.20. The summed E-state index contributed by atoms with van der Waals surface area (Å²) in [6.07, 6.45) is 1.20. The van der Waals surface area contributed by atoms with Gasteiger partial charge in [-0.05, 0) is 37.1 Å². The molecular formula is C20H22FN3O4. The second kappa shape index (κ2) is 8.60. The Morgan fingerprint density at radius 2 is 1.86 bits per heavy atom. The van der Waals surface area contributed by atoms with Crippen LogP contribution in [-0.4, -0.2) is 43.6 Å². The molecule has 7 nitrogen and oxygen atoms in total. The number of halogens is 1. The molecule has 1 heterocycles. The van der Waals surface area contributed by atoms with Crippen molar-refractivity contribution in [3.05, 3.63) is 48.3 Å². The van der Waals surface area contributed by atoms with Gasteiger partial charge in [-0.15, -0.1) is 0 Å². The largest absolute Gasteiger partial charge is 0.497 e. The SMILES string of the molecule is COc1ccc(OC)c(NC(=O)C2CCCN2C(=O)Nc2ccccc2F)c1. The van der Waals surface area contributed by atoms with Crippen LogP contribution in [0.15, 0.2) is 42.5 Å². The molecule has 0 spiro atoms. The van der Waals surface area contributed by atoms with Gasteiger partial charge in [0.05, 0.1) is 25.6 Å². The van der Waals surface area contributed by atoms with Gasteiger partial charge in [-0.3, -0.25) is 4.79 Å². The zero-order valence-corrected chi connectivity index (χ0v) is 15.7. The molecule has 2 aromatic rings. The lowest BCUT2D eigenvalue weighted by atomic mass is 10.2. The van der Waals surface area contributed by atoms with Crippen molar-refractivity contribution in [2.45, 2.75) is 18.9 Å². The number of urea groups is 1. The number of anilines is 2. The number of amides is 3. The molecule has 28 heavy (non-hydrogen) atoms. The Morgan fingerprint density at radius 1 is 1.07 bits per heavy atom. The number of para-hydroxylation sites is 1. The highest BCUT2D eigenvalue weighted by Crippen LogP contribution is 2.30. The van der Waals surface area contributed by atoms with Gasteiger partial charge in [-0.1, -0.05) is 12.1 Å². The second-order valence-electron chi connectivity index (χ2n) is 6.32. The van der Waals surface area contributed by atoms with E-state index >= 15 is 0 Å². The van der Waals surface area contributed by atoms with Crippen LogP contribution in [0, 0.1) is 5.82 Å². The Labute approximate surface area is 162 Å². The number of likely N-dealkylation sites (tertiary alicyclic amines) is 1. The average molecular weight is 387 g/mol. The van der Waals surface area contributed by atoms with Crippen LogP contribution >= 0.6 is 0 Å². The van der Waals surface area contributed by atoms with Crippen molar-refractivity contribution in [2.24, 2.45) is 0 Å². The topological polar surface area (TPSA) is 79.9 Å². The Morgan fingerprint density at radius 3 is 2.57 bits per heavy atom. The normalized spacial score (nSPS) is 15.8. The van der Waals surface area contributed by atoms with Gasteiger partial charge in [0.1, 0.15) is 23.4 Å². The van der Waals surface area contributed by atoms with Crippen LogP contribution in [-0.2, 0) is 4.79 Å². The molecule has 3 amide bonds. The molecule has 148 valence electrons. The van der Waals surface area contributed by atoms with E-state index in [-0.39, 0.29) is 11.6 Å². The molecule has 1 aliphatic heterocycles. The number of benzene rings is 2. The fourth-order valence-corrected chi connectivity index (χ4v) is 3.16. The standard InChI is InChI=1S/C20H22FN3O4/c1-27-13-9-10-18(28-2)16(12-13)22-19(25)17-8-5-11-24(17)20(26)23-15-7-4-3-6-14(15)21/h3-4,6-7,9-10,12,17H,5,8,11H2,1-2H3,(H,22,25)(H,23,26). The minimum absolute atomic E-state index is 0.0769. The first-order valence-corrected chi connectivity index (χ1v) is 8.88. The zero-order chi connectivity index (χ0) is 20.1. The molecule has 1 atom stereocenters. The molecule has 1 fully saturated rings.